The van der Waals surface area contributed by atoms with Gasteiger partial charge in [-0.15, -0.1) is 0 Å². The number of rotatable bonds is 5. The molecule has 1 aromatic carbocycles. The summed E-state index contributed by atoms with van der Waals surface area (Å²) < 4.78 is 6.83. The van der Waals surface area contributed by atoms with Crippen LogP contribution in [0, 0.1) is 20.8 Å². The van der Waals surface area contributed by atoms with Crippen molar-refractivity contribution in [2.45, 2.75) is 33.6 Å². The van der Waals surface area contributed by atoms with Crippen LogP contribution in [0.5, 0.6) is 5.75 Å². The molecule has 0 bridgehead atoms. The van der Waals surface area contributed by atoms with Gasteiger partial charge in [0.15, 0.2) is 0 Å². The summed E-state index contributed by atoms with van der Waals surface area (Å²) in [6.07, 6.45) is 0.890. The first-order valence-corrected chi connectivity index (χ1v) is 8.59. The standard InChI is InChI=1S/C18H20ClN5O2/c1-10-14(11(2)24-18(20-10)21-12(3)23-24)6-8-17(25)22-13-5-7-16(26-4)15(19)9-13/h5,7,9H,6,8H2,1-4H3,(H,22,25). The molecular weight excluding hydrogens is 354 g/mol. The van der Waals surface area contributed by atoms with E-state index < -0.39 is 0 Å². The van der Waals surface area contributed by atoms with Crippen LogP contribution in [0.3, 0.4) is 0 Å². The van der Waals surface area contributed by atoms with Crippen LogP contribution < -0.4 is 10.1 Å². The molecule has 1 amide bonds. The first kappa shape index (κ1) is 18.1. The Kier molecular flexibility index (Phi) is 5.08. The van der Waals surface area contributed by atoms with Crippen molar-refractivity contribution in [1.29, 1.82) is 0 Å². The number of amides is 1. The van der Waals surface area contributed by atoms with Crippen molar-refractivity contribution in [3.05, 3.63) is 46.0 Å². The highest BCUT2D eigenvalue weighted by molar-refractivity contribution is 6.32. The maximum Gasteiger partial charge on any atom is 0.252 e. The van der Waals surface area contributed by atoms with Gasteiger partial charge in [0, 0.05) is 23.5 Å². The first-order chi connectivity index (χ1) is 12.4. The van der Waals surface area contributed by atoms with Gasteiger partial charge < -0.3 is 10.1 Å². The number of carbonyl (C=O) groups is 1. The molecule has 3 aromatic rings. The van der Waals surface area contributed by atoms with Crippen molar-refractivity contribution in [3.8, 4) is 5.75 Å². The predicted molar refractivity (Wildman–Crippen MR) is 99.9 cm³/mol. The van der Waals surface area contributed by atoms with Crippen LogP contribution in [-0.4, -0.2) is 32.6 Å². The fourth-order valence-electron chi connectivity index (χ4n) is 2.88. The van der Waals surface area contributed by atoms with Crippen molar-refractivity contribution in [2.24, 2.45) is 0 Å². The fourth-order valence-corrected chi connectivity index (χ4v) is 3.13. The molecule has 0 atom stereocenters. The Hall–Kier alpha value is -2.67. The lowest BCUT2D eigenvalue weighted by molar-refractivity contribution is -0.116. The molecular formula is C18H20ClN5O2. The molecule has 26 heavy (non-hydrogen) atoms. The predicted octanol–water partition coefficient (Wildman–Crippen LogP) is 3.28. The molecule has 1 N–H and O–H groups in total. The molecule has 3 rings (SSSR count). The number of hydrogen-bond donors (Lipinski definition) is 1. The summed E-state index contributed by atoms with van der Waals surface area (Å²) in [5.41, 5.74) is 3.45. The van der Waals surface area contributed by atoms with Crippen LogP contribution in [0.15, 0.2) is 18.2 Å². The van der Waals surface area contributed by atoms with Crippen LogP contribution in [0.25, 0.3) is 5.78 Å². The molecule has 0 aliphatic heterocycles. The molecule has 0 saturated heterocycles. The second kappa shape index (κ2) is 7.29. The van der Waals surface area contributed by atoms with Gasteiger partial charge in [-0.1, -0.05) is 11.6 Å². The number of nitrogens with zero attached hydrogens (tertiary/aromatic N) is 4. The van der Waals surface area contributed by atoms with Gasteiger partial charge >= 0.3 is 0 Å². The number of carbonyl (C=O) groups excluding carboxylic acids is 1. The van der Waals surface area contributed by atoms with Gasteiger partial charge in [-0.3, -0.25) is 4.79 Å². The van der Waals surface area contributed by atoms with Crippen molar-refractivity contribution in [3.63, 3.8) is 0 Å². The number of hydrogen-bond acceptors (Lipinski definition) is 5. The third-order valence-electron chi connectivity index (χ3n) is 4.19. The van der Waals surface area contributed by atoms with Crippen LogP contribution in [0.4, 0.5) is 5.69 Å². The van der Waals surface area contributed by atoms with Gasteiger partial charge in [0.2, 0.25) is 5.91 Å². The number of aromatic nitrogens is 4. The summed E-state index contributed by atoms with van der Waals surface area (Å²) in [5, 5.41) is 7.65. The number of aryl methyl sites for hydroxylation is 3. The van der Waals surface area contributed by atoms with Gasteiger partial charge in [0.25, 0.3) is 5.78 Å². The second-order valence-corrected chi connectivity index (χ2v) is 6.44. The highest BCUT2D eigenvalue weighted by atomic mass is 35.5. The average molecular weight is 374 g/mol. The van der Waals surface area contributed by atoms with E-state index in [9.17, 15) is 4.79 Å². The number of anilines is 1. The van der Waals surface area contributed by atoms with Crippen LogP contribution in [0.2, 0.25) is 5.02 Å². The van der Waals surface area contributed by atoms with E-state index in [2.05, 4.69) is 20.4 Å². The van der Waals surface area contributed by atoms with Crippen molar-refractivity contribution in [2.75, 3.05) is 12.4 Å². The van der Waals surface area contributed by atoms with E-state index in [1.807, 2.05) is 20.8 Å². The monoisotopic (exact) mass is 373 g/mol. The molecule has 7 nitrogen and oxygen atoms in total. The Bertz CT molecular complexity index is 983. The van der Waals surface area contributed by atoms with Gasteiger partial charge in [-0.25, -0.2) is 9.50 Å². The molecule has 0 aliphatic carbocycles. The summed E-state index contributed by atoms with van der Waals surface area (Å²) in [7, 11) is 1.55. The van der Waals surface area contributed by atoms with Crippen molar-refractivity contribution >= 4 is 29.0 Å². The van der Waals surface area contributed by atoms with E-state index in [1.54, 1.807) is 29.8 Å². The van der Waals surface area contributed by atoms with Crippen LogP contribution in [0.1, 0.15) is 29.2 Å². The second-order valence-electron chi connectivity index (χ2n) is 6.03. The number of benzene rings is 1. The Morgan fingerprint density at radius 2 is 2.04 bits per heavy atom. The van der Waals surface area contributed by atoms with Gasteiger partial charge in [-0.05, 0) is 51.0 Å². The zero-order valence-electron chi connectivity index (χ0n) is 15.1. The summed E-state index contributed by atoms with van der Waals surface area (Å²) >= 11 is 6.08. The normalized spacial score (nSPS) is 11.0. The van der Waals surface area contributed by atoms with Crippen LogP contribution >= 0.6 is 11.6 Å². The number of methoxy groups -OCH3 is 1. The van der Waals surface area contributed by atoms with Gasteiger partial charge in [0.1, 0.15) is 11.6 Å². The van der Waals surface area contributed by atoms with E-state index in [-0.39, 0.29) is 5.91 Å². The minimum absolute atomic E-state index is 0.0973. The molecule has 0 aliphatic rings. The summed E-state index contributed by atoms with van der Waals surface area (Å²) in [5.74, 6) is 1.73. The summed E-state index contributed by atoms with van der Waals surface area (Å²) in [4.78, 5) is 21.1. The minimum Gasteiger partial charge on any atom is -0.495 e. The topological polar surface area (TPSA) is 81.4 Å². The van der Waals surface area contributed by atoms with E-state index in [4.69, 9.17) is 16.3 Å². The highest BCUT2D eigenvalue weighted by Gasteiger charge is 2.14. The van der Waals surface area contributed by atoms with Gasteiger partial charge in [0.05, 0.1) is 12.1 Å². The largest absolute Gasteiger partial charge is 0.495 e. The van der Waals surface area contributed by atoms with Crippen molar-refractivity contribution < 1.29 is 9.53 Å². The molecule has 0 unspecified atom stereocenters. The molecule has 0 saturated carbocycles. The van der Waals surface area contributed by atoms with E-state index in [1.165, 1.54) is 0 Å². The molecule has 0 radical (unpaired) electrons. The molecule has 136 valence electrons. The van der Waals surface area contributed by atoms with Crippen LogP contribution in [-0.2, 0) is 11.2 Å². The zero-order valence-corrected chi connectivity index (χ0v) is 15.9. The highest BCUT2D eigenvalue weighted by Crippen LogP contribution is 2.27. The Labute approximate surface area is 156 Å². The Balaban J connectivity index is 1.71. The molecule has 8 heteroatoms. The number of fused-ring (bicyclic) bond motifs is 1. The molecule has 2 heterocycles. The third-order valence-corrected chi connectivity index (χ3v) is 4.49. The van der Waals surface area contributed by atoms with E-state index in [0.29, 0.717) is 40.9 Å². The lowest BCUT2D eigenvalue weighted by atomic mass is 10.1. The molecule has 0 fully saturated rings. The lowest BCUT2D eigenvalue weighted by Gasteiger charge is -2.11. The zero-order chi connectivity index (χ0) is 18.8. The van der Waals surface area contributed by atoms with Crippen molar-refractivity contribution in [1.82, 2.24) is 19.6 Å². The average Bonchev–Trinajstić information content (AvgIpc) is 2.95. The number of ether oxygens (including phenoxy) is 1. The fraction of sp³-hybridized carbons (Fsp3) is 0.333. The molecule has 0 spiro atoms. The number of nitrogens with one attached hydrogen (secondary N) is 1. The Morgan fingerprint density at radius 1 is 1.27 bits per heavy atom. The van der Waals surface area contributed by atoms with E-state index >= 15 is 0 Å². The van der Waals surface area contributed by atoms with Gasteiger partial charge in [-0.2, -0.15) is 10.1 Å². The third kappa shape index (κ3) is 3.62. The summed E-state index contributed by atoms with van der Waals surface area (Å²) in [6, 6.07) is 5.14. The minimum atomic E-state index is -0.0973. The Morgan fingerprint density at radius 3 is 2.73 bits per heavy atom. The maximum atomic E-state index is 12.3. The summed E-state index contributed by atoms with van der Waals surface area (Å²) in [6.45, 7) is 5.72. The van der Waals surface area contributed by atoms with E-state index in [0.717, 1.165) is 17.0 Å². The molecule has 2 aromatic heterocycles. The number of halogens is 1. The SMILES string of the molecule is COc1ccc(NC(=O)CCc2c(C)nc3nc(C)nn3c2C)cc1Cl. The smallest absolute Gasteiger partial charge is 0.252 e. The quantitative estimate of drug-likeness (QED) is 0.742. The first-order valence-electron chi connectivity index (χ1n) is 8.22. The maximum absolute atomic E-state index is 12.3. The lowest BCUT2D eigenvalue weighted by Crippen LogP contribution is -2.14.